The summed E-state index contributed by atoms with van der Waals surface area (Å²) in [4.78, 5) is 43.2. The number of ketones is 1. The van der Waals surface area contributed by atoms with Gasteiger partial charge in [0.2, 0.25) is 0 Å². The number of aromatic nitrogens is 1. The van der Waals surface area contributed by atoms with Crippen LogP contribution in [0.3, 0.4) is 0 Å². The summed E-state index contributed by atoms with van der Waals surface area (Å²) in [5.41, 5.74) is 1.91. The Bertz CT molecular complexity index is 849. The van der Waals surface area contributed by atoms with Gasteiger partial charge in [-0.3, -0.25) is 9.59 Å². The number of carbonyl (C=O) groups excluding carboxylic acids is 3. The van der Waals surface area contributed by atoms with Crippen molar-refractivity contribution in [3.05, 3.63) is 44.9 Å². The zero-order valence-corrected chi connectivity index (χ0v) is 16.1. The number of hydrogen-bond acceptors (Lipinski definition) is 5. The van der Waals surface area contributed by atoms with Crippen molar-refractivity contribution < 1.29 is 19.1 Å². The highest BCUT2D eigenvalue weighted by molar-refractivity contribution is 7.12. The van der Waals surface area contributed by atoms with Gasteiger partial charge in [-0.25, -0.2) is 4.79 Å². The van der Waals surface area contributed by atoms with Gasteiger partial charge in [0.05, 0.1) is 18.0 Å². The van der Waals surface area contributed by atoms with Crippen LogP contribution in [0.15, 0.2) is 17.5 Å². The van der Waals surface area contributed by atoms with Crippen molar-refractivity contribution in [2.24, 2.45) is 0 Å². The molecule has 2 heterocycles. The van der Waals surface area contributed by atoms with E-state index < -0.39 is 12.0 Å². The topological polar surface area (TPSA) is 79.5 Å². The summed E-state index contributed by atoms with van der Waals surface area (Å²) in [7, 11) is 1.30. The zero-order valence-electron chi connectivity index (χ0n) is 15.3. The van der Waals surface area contributed by atoms with Crippen LogP contribution in [0.1, 0.15) is 61.5 Å². The zero-order chi connectivity index (χ0) is 19.0. The number of rotatable bonds is 6. The van der Waals surface area contributed by atoms with Gasteiger partial charge in [-0.15, -0.1) is 11.3 Å². The van der Waals surface area contributed by atoms with E-state index in [1.54, 1.807) is 31.7 Å². The number of esters is 1. The first kappa shape index (κ1) is 18.4. The molecule has 6 nitrogen and oxygen atoms in total. The fraction of sp³-hybridized carbons (Fsp3) is 0.421. The molecule has 0 aromatic carbocycles. The van der Waals surface area contributed by atoms with E-state index in [4.69, 9.17) is 4.74 Å². The predicted molar refractivity (Wildman–Crippen MR) is 98.9 cm³/mol. The normalized spacial score (nSPS) is 14.8. The monoisotopic (exact) mass is 374 g/mol. The van der Waals surface area contributed by atoms with E-state index in [1.807, 2.05) is 11.4 Å². The number of aryl methyl sites for hydroxylation is 1. The van der Waals surface area contributed by atoms with Crippen LogP contribution in [0.25, 0.3) is 0 Å². The lowest BCUT2D eigenvalue weighted by atomic mass is 9.99. The maximum absolute atomic E-state index is 13.2. The van der Waals surface area contributed by atoms with Crippen molar-refractivity contribution in [2.45, 2.75) is 45.7 Å². The number of amides is 1. The lowest BCUT2D eigenvalue weighted by molar-refractivity contribution is 0.0592. The van der Waals surface area contributed by atoms with Crippen LogP contribution < -0.4 is 0 Å². The van der Waals surface area contributed by atoms with E-state index in [-0.39, 0.29) is 23.4 Å². The van der Waals surface area contributed by atoms with Gasteiger partial charge in [-0.05, 0) is 50.6 Å². The molecule has 3 rings (SSSR count). The van der Waals surface area contributed by atoms with E-state index in [0.29, 0.717) is 21.7 Å². The first-order valence-corrected chi connectivity index (χ1v) is 9.42. The Morgan fingerprint density at radius 2 is 2.00 bits per heavy atom. The molecule has 0 unspecified atom stereocenters. The highest BCUT2D eigenvalue weighted by Gasteiger charge is 2.40. The minimum absolute atomic E-state index is 0.100. The minimum atomic E-state index is -0.601. The third-order valence-electron chi connectivity index (χ3n) is 4.78. The smallest absolute Gasteiger partial charge is 0.354 e. The fourth-order valence-electron chi connectivity index (χ4n) is 3.30. The number of nitrogens with one attached hydrogen (secondary N) is 1. The Labute approximate surface area is 156 Å². The first-order valence-electron chi connectivity index (χ1n) is 8.54. The molecule has 26 heavy (non-hydrogen) atoms. The van der Waals surface area contributed by atoms with Crippen molar-refractivity contribution in [1.29, 1.82) is 0 Å². The maximum atomic E-state index is 13.2. The Morgan fingerprint density at radius 3 is 2.54 bits per heavy atom. The average molecular weight is 374 g/mol. The molecule has 1 saturated carbocycles. The molecule has 0 aliphatic heterocycles. The highest BCUT2D eigenvalue weighted by Crippen LogP contribution is 2.33. The van der Waals surface area contributed by atoms with Crippen molar-refractivity contribution in [1.82, 2.24) is 9.88 Å². The second-order valence-corrected chi connectivity index (χ2v) is 7.53. The predicted octanol–water partition coefficient (Wildman–Crippen LogP) is 3.36. The standard InChI is InChI=1S/C19H22N2O4S/c1-10-15(11(2)20-16(10)19(24)25-4)17(22)12(3)21(13-7-8-13)18(23)14-6-5-9-26-14/h5-6,9,12-13,20H,7-8H2,1-4H3/t12-/m0/s1. The van der Waals surface area contributed by atoms with E-state index in [0.717, 1.165) is 12.8 Å². The van der Waals surface area contributed by atoms with E-state index >= 15 is 0 Å². The number of aromatic amines is 1. The molecule has 1 N–H and O–H groups in total. The molecule has 1 fully saturated rings. The lowest BCUT2D eigenvalue weighted by Crippen LogP contribution is -2.44. The quantitative estimate of drug-likeness (QED) is 0.621. The molecule has 1 amide bonds. The van der Waals surface area contributed by atoms with E-state index in [9.17, 15) is 14.4 Å². The fourth-order valence-corrected chi connectivity index (χ4v) is 3.97. The van der Waals surface area contributed by atoms with Crippen LogP contribution in [-0.2, 0) is 4.74 Å². The molecule has 138 valence electrons. The number of thiophene rings is 1. The summed E-state index contributed by atoms with van der Waals surface area (Å²) in [6, 6.07) is 3.11. The van der Waals surface area contributed by atoms with Gasteiger partial charge in [-0.2, -0.15) is 0 Å². The Morgan fingerprint density at radius 1 is 1.31 bits per heavy atom. The molecule has 0 bridgehead atoms. The number of methoxy groups -OCH3 is 1. The lowest BCUT2D eigenvalue weighted by Gasteiger charge is -2.28. The summed E-state index contributed by atoms with van der Waals surface area (Å²) in [5.74, 6) is -0.781. The summed E-state index contributed by atoms with van der Waals surface area (Å²) < 4.78 is 4.76. The Kier molecular flexibility index (Phi) is 5.00. The van der Waals surface area contributed by atoms with Crippen LogP contribution >= 0.6 is 11.3 Å². The van der Waals surface area contributed by atoms with Crippen molar-refractivity contribution >= 4 is 29.0 Å². The Hall–Kier alpha value is -2.41. The molecule has 1 atom stereocenters. The van der Waals surface area contributed by atoms with Gasteiger partial charge in [0.1, 0.15) is 5.69 Å². The summed E-state index contributed by atoms with van der Waals surface area (Å²) in [6.45, 7) is 5.23. The molecule has 1 aliphatic carbocycles. The minimum Gasteiger partial charge on any atom is -0.464 e. The highest BCUT2D eigenvalue weighted by atomic mass is 32.1. The number of hydrogen-bond donors (Lipinski definition) is 1. The molecule has 0 saturated heterocycles. The molecule has 7 heteroatoms. The second kappa shape index (κ2) is 7.07. The molecular weight excluding hydrogens is 352 g/mol. The van der Waals surface area contributed by atoms with E-state index in [1.165, 1.54) is 18.4 Å². The van der Waals surface area contributed by atoms with Gasteiger partial charge in [0, 0.05) is 17.3 Å². The van der Waals surface area contributed by atoms with Gasteiger partial charge in [-0.1, -0.05) is 6.07 Å². The SMILES string of the molecule is COC(=O)c1[nH]c(C)c(C(=O)[C@H](C)N(C(=O)c2cccs2)C2CC2)c1C. The first-order chi connectivity index (χ1) is 12.4. The molecular formula is C19H22N2O4S. The van der Waals surface area contributed by atoms with Crippen LogP contribution in [0.2, 0.25) is 0 Å². The van der Waals surface area contributed by atoms with Gasteiger partial charge >= 0.3 is 5.97 Å². The number of ether oxygens (including phenoxy) is 1. The number of carbonyl (C=O) groups is 3. The van der Waals surface area contributed by atoms with Crippen molar-refractivity contribution in [3.8, 4) is 0 Å². The summed E-state index contributed by atoms with van der Waals surface area (Å²) in [6.07, 6.45) is 1.82. The van der Waals surface area contributed by atoms with Gasteiger partial charge in [0.15, 0.2) is 5.78 Å². The Balaban J connectivity index is 1.92. The van der Waals surface area contributed by atoms with Crippen molar-refractivity contribution in [2.75, 3.05) is 7.11 Å². The van der Waals surface area contributed by atoms with Crippen LogP contribution in [-0.4, -0.2) is 46.7 Å². The van der Waals surface area contributed by atoms with E-state index in [2.05, 4.69) is 4.98 Å². The third-order valence-corrected chi connectivity index (χ3v) is 5.63. The second-order valence-electron chi connectivity index (χ2n) is 6.58. The van der Waals surface area contributed by atoms with Crippen molar-refractivity contribution in [3.63, 3.8) is 0 Å². The summed E-state index contributed by atoms with van der Waals surface area (Å²) >= 11 is 1.38. The number of nitrogens with zero attached hydrogens (tertiary/aromatic N) is 1. The summed E-state index contributed by atoms with van der Waals surface area (Å²) in [5, 5.41) is 1.86. The largest absolute Gasteiger partial charge is 0.464 e. The molecule has 1 aliphatic rings. The average Bonchev–Trinajstić information content (AvgIpc) is 3.19. The molecule has 2 aromatic rings. The maximum Gasteiger partial charge on any atom is 0.354 e. The number of Topliss-reactive ketones (excluding diaryl/α,β-unsaturated/α-hetero) is 1. The van der Waals surface area contributed by atoms with Crippen LogP contribution in [0.5, 0.6) is 0 Å². The molecule has 0 spiro atoms. The van der Waals surface area contributed by atoms with Crippen LogP contribution in [0.4, 0.5) is 0 Å². The third kappa shape index (κ3) is 3.19. The van der Waals surface area contributed by atoms with Crippen LogP contribution in [0, 0.1) is 13.8 Å². The van der Waals surface area contributed by atoms with Gasteiger partial charge in [0.25, 0.3) is 5.91 Å². The number of H-pyrrole nitrogens is 1. The molecule has 0 radical (unpaired) electrons. The molecule has 2 aromatic heterocycles. The van der Waals surface area contributed by atoms with Gasteiger partial charge < -0.3 is 14.6 Å².